The van der Waals surface area contributed by atoms with E-state index in [2.05, 4.69) is 30.7 Å². The summed E-state index contributed by atoms with van der Waals surface area (Å²) in [6.45, 7) is 11.8. The molecule has 2 heterocycles. The van der Waals surface area contributed by atoms with Crippen LogP contribution in [0.2, 0.25) is 0 Å². The molecule has 0 atom stereocenters. The van der Waals surface area contributed by atoms with Crippen LogP contribution in [0.4, 0.5) is 0 Å². The number of hydrogen-bond acceptors (Lipinski definition) is 3. The molecule has 2 fully saturated rings. The molecule has 3 heteroatoms. The Labute approximate surface area is 119 Å². The van der Waals surface area contributed by atoms with Crippen LogP contribution < -0.4 is 0 Å². The first-order chi connectivity index (χ1) is 9.13. The van der Waals surface area contributed by atoms with Crippen molar-refractivity contribution in [3.8, 4) is 0 Å². The number of hydrogen-bond donors (Lipinski definition) is 0. The summed E-state index contributed by atoms with van der Waals surface area (Å²) in [4.78, 5) is 5.03. The first kappa shape index (κ1) is 15.3. The molecule has 3 nitrogen and oxygen atoms in total. The van der Waals surface area contributed by atoms with E-state index in [9.17, 15) is 0 Å². The van der Waals surface area contributed by atoms with Gasteiger partial charge in [0, 0.05) is 26.2 Å². The Hall–Kier alpha value is -0.120. The minimum absolute atomic E-state index is 0.531. The zero-order chi connectivity index (χ0) is 13.7. The van der Waals surface area contributed by atoms with Crippen LogP contribution in [0.25, 0.3) is 0 Å². The van der Waals surface area contributed by atoms with E-state index in [0.29, 0.717) is 6.10 Å². The quantitative estimate of drug-likeness (QED) is 0.762. The number of rotatable bonds is 5. The van der Waals surface area contributed by atoms with Crippen molar-refractivity contribution in [1.29, 1.82) is 0 Å². The van der Waals surface area contributed by atoms with Crippen molar-refractivity contribution in [2.24, 2.45) is 11.8 Å². The average molecular weight is 268 g/mol. The van der Waals surface area contributed by atoms with Gasteiger partial charge in [-0.3, -0.25) is 0 Å². The van der Waals surface area contributed by atoms with E-state index in [-0.39, 0.29) is 0 Å². The van der Waals surface area contributed by atoms with Gasteiger partial charge in [0.15, 0.2) is 0 Å². The number of nitrogens with zero attached hydrogens (tertiary/aromatic N) is 2. The molecule has 0 aromatic rings. The number of likely N-dealkylation sites (tertiary alicyclic amines) is 2. The lowest BCUT2D eigenvalue weighted by Crippen LogP contribution is -2.40. The third-order valence-corrected chi connectivity index (χ3v) is 4.56. The molecule has 0 aromatic carbocycles. The first-order valence-corrected chi connectivity index (χ1v) is 8.16. The van der Waals surface area contributed by atoms with E-state index >= 15 is 0 Å². The zero-order valence-electron chi connectivity index (χ0n) is 13.1. The summed E-state index contributed by atoms with van der Waals surface area (Å²) in [5, 5.41) is 0. The van der Waals surface area contributed by atoms with E-state index in [0.717, 1.165) is 18.4 Å². The van der Waals surface area contributed by atoms with Crippen LogP contribution in [0.15, 0.2) is 0 Å². The maximum atomic E-state index is 6.17. The fraction of sp³-hybridized carbons (Fsp3) is 1.00. The highest BCUT2D eigenvalue weighted by Crippen LogP contribution is 2.20. The molecule has 0 radical (unpaired) electrons. The number of piperidine rings is 2. The molecule has 2 rings (SSSR count). The monoisotopic (exact) mass is 268 g/mol. The maximum absolute atomic E-state index is 6.17. The largest absolute Gasteiger partial charge is 0.378 e. The molecule has 0 N–H and O–H groups in total. The van der Waals surface area contributed by atoms with Gasteiger partial charge in [0.2, 0.25) is 0 Å². The highest BCUT2D eigenvalue weighted by atomic mass is 16.5. The summed E-state index contributed by atoms with van der Waals surface area (Å²) >= 11 is 0. The van der Waals surface area contributed by atoms with Crippen LogP contribution in [-0.4, -0.2) is 62.3 Å². The van der Waals surface area contributed by atoms with Crippen molar-refractivity contribution < 1.29 is 4.74 Å². The third kappa shape index (κ3) is 5.41. The van der Waals surface area contributed by atoms with Gasteiger partial charge in [-0.1, -0.05) is 13.8 Å². The van der Waals surface area contributed by atoms with E-state index in [1.54, 1.807) is 0 Å². The van der Waals surface area contributed by atoms with Gasteiger partial charge in [-0.15, -0.1) is 0 Å². The zero-order valence-corrected chi connectivity index (χ0v) is 13.1. The van der Waals surface area contributed by atoms with E-state index in [1.807, 2.05) is 0 Å². The molecular weight excluding hydrogens is 236 g/mol. The summed E-state index contributed by atoms with van der Waals surface area (Å²) in [6.07, 6.45) is 5.65. The Morgan fingerprint density at radius 3 is 2.21 bits per heavy atom. The van der Waals surface area contributed by atoms with Crippen LogP contribution in [0.1, 0.15) is 39.5 Å². The topological polar surface area (TPSA) is 15.7 Å². The first-order valence-electron chi connectivity index (χ1n) is 8.16. The molecule has 2 saturated heterocycles. The summed E-state index contributed by atoms with van der Waals surface area (Å²) < 4.78 is 6.17. The molecule has 2 aliphatic rings. The molecule has 0 aromatic heterocycles. The van der Waals surface area contributed by atoms with Crippen LogP contribution in [0.3, 0.4) is 0 Å². The van der Waals surface area contributed by atoms with Crippen molar-refractivity contribution in [2.75, 3.05) is 46.4 Å². The predicted molar refractivity (Wildman–Crippen MR) is 80.5 cm³/mol. The Bertz CT molecular complexity index is 241. The second-order valence-electron chi connectivity index (χ2n) is 6.97. The second kappa shape index (κ2) is 7.61. The summed E-state index contributed by atoms with van der Waals surface area (Å²) in [5.74, 6) is 1.60. The standard InChI is InChI=1S/C16H32N2O/c1-14(2)12-18-10-6-16(7-11-18)19-13-15-4-8-17(3)9-5-15/h14-16H,4-13H2,1-3H3. The summed E-state index contributed by atoms with van der Waals surface area (Å²) in [7, 11) is 2.22. The Balaban J connectivity index is 1.58. The SMILES string of the molecule is CC(C)CN1CCC(OCC2CCN(C)CC2)CC1. The summed E-state index contributed by atoms with van der Waals surface area (Å²) in [5.41, 5.74) is 0. The van der Waals surface area contributed by atoms with Gasteiger partial charge in [0.05, 0.1) is 6.10 Å². The van der Waals surface area contributed by atoms with Gasteiger partial charge in [0.25, 0.3) is 0 Å². The Kier molecular flexibility index (Phi) is 6.11. The fourth-order valence-electron chi connectivity index (χ4n) is 3.28. The van der Waals surface area contributed by atoms with Crippen LogP contribution >= 0.6 is 0 Å². The Morgan fingerprint density at radius 1 is 1.00 bits per heavy atom. The van der Waals surface area contributed by atoms with Crippen molar-refractivity contribution in [3.05, 3.63) is 0 Å². The molecule has 0 unspecified atom stereocenters. The molecule has 0 bridgehead atoms. The van der Waals surface area contributed by atoms with Crippen LogP contribution in [0, 0.1) is 11.8 Å². The highest BCUT2D eigenvalue weighted by Gasteiger charge is 2.22. The average Bonchev–Trinajstić information content (AvgIpc) is 2.39. The van der Waals surface area contributed by atoms with E-state index in [4.69, 9.17) is 4.74 Å². The molecule has 0 spiro atoms. The number of ether oxygens (including phenoxy) is 1. The van der Waals surface area contributed by atoms with Gasteiger partial charge in [-0.25, -0.2) is 0 Å². The lowest BCUT2D eigenvalue weighted by Gasteiger charge is -2.34. The third-order valence-electron chi connectivity index (χ3n) is 4.56. The maximum Gasteiger partial charge on any atom is 0.0599 e. The van der Waals surface area contributed by atoms with E-state index < -0.39 is 0 Å². The van der Waals surface area contributed by atoms with Gasteiger partial charge >= 0.3 is 0 Å². The summed E-state index contributed by atoms with van der Waals surface area (Å²) in [6, 6.07) is 0. The van der Waals surface area contributed by atoms with Gasteiger partial charge in [0.1, 0.15) is 0 Å². The highest BCUT2D eigenvalue weighted by molar-refractivity contribution is 4.75. The second-order valence-corrected chi connectivity index (χ2v) is 6.97. The van der Waals surface area contributed by atoms with Crippen LogP contribution in [-0.2, 0) is 4.74 Å². The normalized spacial score (nSPS) is 25.3. The molecule has 0 amide bonds. The Morgan fingerprint density at radius 2 is 1.63 bits per heavy atom. The molecule has 112 valence electrons. The molecule has 2 aliphatic heterocycles. The minimum Gasteiger partial charge on any atom is -0.378 e. The molecule has 0 saturated carbocycles. The van der Waals surface area contributed by atoms with E-state index in [1.165, 1.54) is 58.4 Å². The van der Waals surface area contributed by atoms with Crippen molar-refractivity contribution in [3.63, 3.8) is 0 Å². The van der Waals surface area contributed by atoms with Gasteiger partial charge in [-0.2, -0.15) is 0 Å². The van der Waals surface area contributed by atoms with Crippen LogP contribution in [0.5, 0.6) is 0 Å². The molecule has 0 aliphatic carbocycles. The lowest BCUT2D eigenvalue weighted by atomic mass is 9.98. The fourth-order valence-corrected chi connectivity index (χ4v) is 3.28. The molecule has 19 heavy (non-hydrogen) atoms. The van der Waals surface area contributed by atoms with Crippen molar-refractivity contribution in [2.45, 2.75) is 45.6 Å². The smallest absolute Gasteiger partial charge is 0.0599 e. The lowest BCUT2D eigenvalue weighted by molar-refractivity contribution is -0.0193. The minimum atomic E-state index is 0.531. The van der Waals surface area contributed by atoms with Gasteiger partial charge < -0.3 is 14.5 Å². The van der Waals surface area contributed by atoms with Crippen molar-refractivity contribution >= 4 is 0 Å². The van der Waals surface area contributed by atoms with Gasteiger partial charge in [-0.05, 0) is 57.7 Å². The van der Waals surface area contributed by atoms with Crippen molar-refractivity contribution in [1.82, 2.24) is 9.80 Å². The molecular formula is C16H32N2O. The predicted octanol–water partition coefficient (Wildman–Crippen LogP) is 2.47.